The summed E-state index contributed by atoms with van der Waals surface area (Å²) in [5.74, 6) is -0.0173. The van der Waals surface area contributed by atoms with Gasteiger partial charge in [-0.2, -0.15) is 0 Å². The third-order valence-electron chi connectivity index (χ3n) is 5.56. The molecule has 3 N–H and O–H groups in total. The summed E-state index contributed by atoms with van der Waals surface area (Å²) >= 11 is 0. The summed E-state index contributed by atoms with van der Waals surface area (Å²) in [6.45, 7) is 6.68. The fraction of sp³-hybridized carbons (Fsp3) is 0.524. The van der Waals surface area contributed by atoms with E-state index in [9.17, 15) is 4.79 Å². The van der Waals surface area contributed by atoms with E-state index < -0.39 is 6.35 Å². The number of nitrogens with two attached hydrogens (primary N) is 1. The normalized spacial score (nSPS) is 21.2. The summed E-state index contributed by atoms with van der Waals surface area (Å²) in [4.78, 5) is 21.2. The molecule has 1 fully saturated rings. The number of benzene rings is 1. The molecule has 2 aliphatic heterocycles. The van der Waals surface area contributed by atoms with Gasteiger partial charge in [-0.1, -0.05) is 30.3 Å². The quantitative estimate of drug-likeness (QED) is 0.778. The molecule has 0 aromatic heterocycles. The second-order valence-electron chi connectivity index (χ2n) is 7.56. The first-order valence-electron chi connectivity index (χ1n) is 9.85. The number of amides is 1. The number of nitrogens with one attached hydrogen (secondary N) is 1. The number of piperidine rings is 1. The highest BCUT2D eigenvalue weighted by molar-refractivity contribution is 5.98. The van der Waals surface area contributed by atoms with Crippen molar-refractivity contribution in [3.05, 3.63) is 47.3 Å². The van der Waals surface area contributed by atoms with Gasteiger partial charge in [-0.3, -0.25) is 9.69 Å². The molecule has 0 spiro atoms. The Morgan fingerprint density at radius 2 is 1.96 bits per heavy atom. The Kier molecular flexibility index (Phi) is 6.70. The number of hydrogen-bond donors (Lipinski definition) is 2. The van der Waals surface area contributed by atoms with Gasteiger partial charge in [0.15, 0.2) is 0 Å². The van der Waals surface area contributed by atoms with Gasteiger partial charge in [0, 0.05) is 38.4 Å². The molecule has 7 heteroatoms. The van der Waals surface area contributed by atoms with Gasteiger partial charge in [-0.05, 0) is 32.3 Å². The topological polar surface area (TPSA) is 83.2 Å². The van der Waals surface area contributed by atoms with Crippen molar-refractivity contribution < 1.29 is 9.53 Å². The minimum Gasteiger partial charge on any atom is -0.396 e. The van der Waals surface area contributed by atoms with Gasteiger partial charge >= 0.3 is 0 Å². The van der Waals surface area contributed by atoms with E-state index >= 15 is 0 Å². The van der Waals surface area contributed by atoms with Crippen LogP contribution >= 0.6 is 0 Å². The summed E-state index contributed by atoms with van der Waals surface area (Å²) in [5, 5.41) is 3.07. The van der Waals surface area contributed by atoms with Crippen LogP contribution in [0.1, 0.15) is 32.3 Å². The van der Waals surface area contributed by atoms with Crippen LogP contribution in [-0.2, 0) is 16.1 Å². The average molecular weight is 386 g/mol. The lowest BCUT2D eigenvalue weighted by atomic mass is 10.0. The van der Waals surface area contributed by atoms with E-state index in [4.69, 9.17) is 10.5 Å². The fourth-order valence-corrected chi connectivity index (χ4v) is 3.65. The molecule has 1 saturated heterocycles. The van der Waals surface area contributed by atoms with E-state index in [1.165, 1.54) is 5.56 Å². The molecule has 1 aromatic rings. The van der Waals surface area contributed by atoms with Gasteiger partial charge in [-0.25, -0.2) is 4.99 Å². The van der Waals surface area contributed by atoms with E-state index in [-0.39, 0.29) is 18.6 Å². The average Bonchev–Trinajstić information content (AvgIpc) is 2.71. The van der Waals surface area contributed by atoms with E-state index in [1.807, 2.05) is 31.9 Å². The zero-order chi connectivity index (χ0) is 20.1. The summed E-state index contributed by atoms with van der Waals surface area (Å²) in [6.07, 6.45) is 1.40. The van der Waals surface area contributed by atoms with Crippen molar-refractivity contribution in [2.45, 2.75) is 45.6 Å². The van der Waals surface area contributed by atoms with Crippen LogP contribution in [0.3, 0.4) is 0 Å². The van der Waals surface area contributed by atoms with Gasteiger partial charge in [-0.15, -0.1) is 0 Å². The van der Waals surface area contributed by atoms with E-state index in [0.717, 1.165) is 43.9 Å². The number of carbonyl (C=O) groups excluding carboxylic acids is 1. The highest BCUT2D eigenvalue weighted by atomic mass is 16.5. The lowest BCUT2D eigenvalue weighted by Crippen LogP contribution is -2.47. The minimum atomic E-state index is -0.558. The highest BCUT2D eigenvalue weighted by Crippen LogP contribution is 2.18. The molecule has 1 amide bonds. The second-order valence-corrected chi connectivity index (χ2v) is 7.56. The molecule has 0 saturated carbocycles. The van der Waals surface area contributed by atoms with Crippen molar-refractivity contribution in [1.82, 2.24) is 15.1 Å². The minimum absolute atomic E-state index is 0.00234. The van der Waals surface area contributed by atoms with Crippen molar-refractivity contribution in [3.8, 4) is 0 Å². The third-order valence-corrected chi connectivity index (χ3v) is 5.56. The summed E-state index contributed by atoms with van der Waals surface area (Å²) in [7, 11) is 1.87. The van der Waals surface area contributed by atoms with Gasteiger partial charge in [0.25, 0.3) is 0 Å². The zero-order valence-corrected chi connectivity index (χ0v) is 17.0. The van der Waals surface area contributed by atoms with Crippen LogP contribution in [0.2, 0.25) is 0 Å². The lowest BCUT2D eigenvalue weighted by molar-refractivity contribution is -0.140. The number of nitrogens with zero attached hydrogens (tertiary/aromatic N) is 3. The maximum absolute atomic E-state index is 12.6. The molecule has 28 heavy (non-hydrogen) atoms. The lowest BCUT2D eigenvalue weighted by Gasteiger charge is -2.37. The van der Waals surface area contributed by atoms with E-state index in [1.54, 1.807) is 0 Å². The Labute approximate surface area is 167 Å². The van der Waals surface area contributed by atoms with Crippen molar-refractivity contribution >= 4 is 11.6 Å². The van der Waals surface area contributed by atoms with Gasteiger partial charge in [0.2, 0.25) is 12.3 Å². The predicted octanol–water partition coefficient (Wildman–Crippen LogP) is 1.66. The molecule has 1 atom stereocenters. The first-order chi connectivity index (χ1) is 13.4. The molecule has 0 aliphatic carbocycles. The monoisotopic (exact) mass is 385 g/mol. The standard InChI is InChI=1S/C21H31N5O2/c1-15-20(22)16(2)24-21(23-15)28-14-19(27)25(3)18-9-11-26(12-10-18)13-17-7-5-4-6-8-17/h4-8,18,21,23H,9-14,22H2,1-3H3. The van der Waals surface area contributed by atoms with Crippen molar-refractivity contribution in [2.24, 2.45) is 10.7 Å². The molecular weight excluding hydrogens is 354 g/mol. The van der Waals surface area contributed by atoms with Crippen molar-refractivity contribution in [2.75, 3.05) is 26.7 Å². The Bertz CT molecular complexity index is 738. The van der Waals surface area contributed by atoms with Crippen LogP contribution in [0.4, 0.5) is 0 Å². The van der Waals surface area contributed by atoms with Crippen LogP contribution in [0.15, 0.2) is 46.7 Å². The third kappa shape index (κ3) is 5.11. The second kappa shape index (κ2) is 9.21. The Morgan fingerprint density at radius 3 is 2.61 bits per heavy atom. The molecule has 2 heterocycles. The fourth-order valence-electron chi connectivity index (χ4n) is 3.65. The summed E-state index contributed by atoms with van der Waals surface area (Å²) in [6, 6.07) is 10.8. The van der Waals surface area contributed by atoms with Gasteiger partial charge in [0.05, 0.1) is 11.4 Å². The molecule has 7 nitrogen and oxygen atoms in total. The van der Waals surface area contributed by atoms with Crippen LogP contribution in [0.25, 0.3) is 0 Å². The van der Waals surface area contributed by atoms with Crippen LogP contribution < -0.4 is 11.1 Å². The van der Waals surface area contributed by atoms with Crippen LogP contribution in [-0.4, -0.2) is 60.6 Å². The van der Waals surface area contributed by atoms with Crippen molar-refractivity contribution in [3.63, 3.8) is 0 Å². The summed E-state index contributed by atoms with van der Waals surface area (Å²) in [5.41, 5.74) is 9.41. The number of aliphatic imine (C=N–C) groups is 1. The first kappa shape index (κ1) is 20.4. The van der Waals surface area contributed by atoms with E-state index in [0.29, 0.717) is 5.70 Å². The Morgan fingerprint density at radius 1 is 1.29 bits per heavy atom. The van der Waals surface area contributed by atoms with Gasteiger partial charge in [0.1, 0.15) is 6.61 Å². The molecule has 152 valence electrons. The van der Waals surface area contributed by atoms with Crippen molar-refractivity contribution in [1.29, 1.82) is 0 Å². The summed E-state index contributed by atoms with van der Waals surface area (Å²) < 4.78 is 5.66. The number of hydrogen-bond acceptors (Lipinski definition) is 6. The molecule has 3 rings (SSSR count). The predicted molar refractivity (Wildman–Crippen MR) is 110 cm³/mol. The molecule has 0 bridgehead atoms. The number of ether oxygens (including phenoxy) is 1. The van der Waals surface area contributed by atoms with Crippen LogP contribution in [0.5, 0.6) is 0 Å². The number of likely N-dealkylation sites (N-methyl/N-ethyl adjacent to an activating group) is 1. The molecule has 2 aliphatic rings. The highest BCUT2D eigenvalue weighted by Gasteiger charge is 2.26. The maximum Gasteiger partial charge on any atom is 0.248 e. The van der Waals surface area contributed by atoms with E-state index in [2.05, 4.69) is 39.5 Å². The molecular formula is C21H31N5O2. The van der Waals surface area contributed by atoms with Crippen LogP contribution in [0, 0.1) is 0 Å². The zero-order valence-electron chi connectivity index (χ0n) is 17.0. The SMILES string of the molecule is CC1=NC(OCC(=O)N(C)C2CCN(Cc3ccccc3)CC2)NC(C)=C1N. The number of rotatable bonds is 6. The molecule has 0 radical (unpaired) electrons. The maximum atomic E-state index is 12.6. The first-order valence-corrected chi connectivity index (χ1v) is 9.85. The largest absolute Gasteiger partial charge is 0.396 e. The number of carbonyl (C=O) groups is 1. The Hall–Kier alpha value is -2.38. The molecule has 1 aromatic carbocycles. The molecule has 1 unspecified atom stereocenters. The number of likely N-dealkylation sites (tertiary alicyclic amines) is 1. The Balaban J connectivity index is 1.42. The van der Waals surface area contributed by atoms with Gasteiger partial charge < -0.3 is 20.7 Å². The smallest absolute Gasteiger partial charge is 0.248 e. The number of allylic oxidation sites excluding steroid dienone is 2.